The lowest BCUT2D eigenvalue weighted by Crippen LogP contribution is -2.44. The van der Waals surface area contributed by atoms with E-state index in [0.29, 0.717) is 6.54 Å². The lowest BCUT2D eigenvalue weighted by atomic mass is 9.99. The van der Waals surface area contributed by atoms with E-state index in [2.05, 4.69) is 20.9 Å². The van der Waals surface area contributed by atoms with E-state index in [1.54, 1.807) is 11.3 Å². The van der Waals surface area contributed by atoms with Gasteiger partial charge in [0.25, 0.3) is 0 Å². The molecule has 10 heteroatoms. The molecule has 1 unspecified atom stereocenters. The number of benzene rings is 1. The van der Waals surface area contributed by atoms with E-state index < -0.39 is 29.9 Å². The van der Waals surface area contributed by atoms with Gasteiger partial charge in [0, 0.05) is 26.1 Å². The Morgan fingerprint density at radius 3 is 2.72 bits per heavy atom. The molecule has 3 atom stereocenters. The number of amides is 2. The van der Waals surface area contributed by atoms with Crippen LogP contribution in [0.15, 0.2) is 29.8 Å². The molecule has 172 valence electrons. The molecule has 0 radical (unpaired) electrons. The molecule has 32 heavy (non-hydrogen) atoms. The average molecular weight is 461 g/mol. The topological polar surface area (TPSA) is 130 Å². The highest BCUT2D eigenvalue weighted by atomic mass is 32.1. The lowest BCUT2D eigenvalue weighted by molar-refractivity contribution is -0.138. The number of hydrogen-bond donors (Lipinski definition) is 4. The lowest BCUT2D eigenvalue weighted by Gasteiger charge is -2.15. The van der Waals surface area contributed by atoms with Gasteiger partial charge in [-0.15, -0.1) is 11.3 Å². The van der Waals surface area contributed by atoms with Crippen molar-refractivity contribution in [3.8, 4) is 10.4 Å². The first-order valence-electron chi connectivity index (χ1n) is 10.4. The summed E-state index contributed by atoms with van der Waals surface area (Å²) in [6.07, 6.45) is -1.27. The van der Waals surface area contributed by atoms with Crippen LogP contribution in [0.2, 0.25) is 0 Å². The summed E-state index contributed by atoms with van der Waals surface area (Å²) in [6.45, 7) is 2.81. The molecular formula is C22H28N4O5S. The van der Waals surface area contributed by atoms with Gasteiger partial charge in [-0.1, -0.05) is 24.3 Å². The molecule has 0 spiro atoms. The van der Waals surface area contributed by atoms with E-state index >= 15 is 0 Å². The number of aryl methyl sites for hydroxylation is 1. The zero-order valence-electron chi connectivity index (χ0n) is 18.1. The number of nitrogens with one attached hydrogen (secondary N) is 3. The number of hydrogen-bond acceptors (Lipinski definition) is 8. The van der Waals surface area contributed by atoms with Crippen molar-refractivity contribution in [1.82, 2.24) is 20.9 Å². The van der Waals surface area contributed by atoms with Crippen LogP contribution in [-0.4, -0.2) is 60.2 Å². The Kier molecular flexibility index (Phi) is 8.46. The quantitative estimate of drug-likeness (QED) is 0.385. The maximum absolute atomic E-state index is 12.5. The summed E-state index contributed by atoms with van der Waals surface area (Å²) in [6, 6.07) is 7.41. The molecular weight excluding hydrogens is 432 g/mol. The molecule has 1 aliphatic heterocycles. The largest absolute Gasteiger partial charge is 0.384 e. The Labute approximate surface area is 190 Å². The number of methoxy groups -OCH3 is 1. The van der Waals surface area contributed by atoms with Crippen LogP contribution < -0.4 is 16.0 Å². The van der Waals surface area contributed by atoms with Crippen molar-refractivity contribution in [3.63, 3.8) is 0 Å². The third-order valence-corrected chi connectivity index (χ3v) is 6.36. The van der Waals surface area contributed by atoms with Crippen molar-refractivity contribution < 1.29 is 24.2 Å². The number of carbonyl (C=O) groups is 3. The zero-order valence-corrected chi connectivity index (χ0v) is 18.9. The molecule has 4 N–H and O–H groups in total. The average Bonchev–Trinajstić information content (AvgIpc) is 3.45. The Morgan fingerprint density at radius 2 is 2.06 bits per heavy atom. The Morgan fingerprint density at radius 1 is 1.31 bits per heavy atom. The minimum Gasteiger partial charge on any atom is -0.384 e. The summed E-state index contributed by atoms with van der Waals surface area (Å²) < 4.78 is 4.79. The number of ether oxygens (including phenoxy) is 1. The minimum absolute atomic E-state index is 0.0551. The third kappa shape index (κ3) is 6.19. The van der Waals surface area contributed by atoms with Crippen LogP contribution in [0.1, 0.15) is 24.1 Å². The van der Waals surface area contributed by atoms with E-state index in [1.165, 1.54) is 7.11 Å². The van der Waals surface area contributed by atoms with E-state index in [9.17, 15) is 19.5 Å². The number of rotatable bonds is 10. The second-order valence-electron chi connectivity index (χ2n) is 7.69. The molecule has 1 aromatic heterocycles. The van der Waals surface area contributed by atoms with Crippen molar-refractivity contribution in [3.05, 3.63) is 41.0 Å². The second kappa shape index (κ2) is 11.3. The SMILES string of the molecule is COCCC(=O)NC(O)C(=O)[C@H]1CN[C@H](C(=O)NCc2ccc(-c3scnc3C)cc2)C1. The van der Waals surface area contributed by atoms with Gasteiger partial charge < -0.3 is 25.8 Å². The molecule has 1 saturated heterocycles. The monoisotopic (exact) mass is 460 g/mol. The number of aliphatic hydroxyl groups excluding tert-OH is 1. The van der Waals surface area contributed by atoms with Crippen molar-refractivity contribution in [1.29, 1.82) is 0 Å². The van der Waals surface area contributed by atoms with Crippen molar-refractivity contribution in [2.75, 3.05) is 20.3 Å². The number of Topliss-reactive ketones (excluding diaryl/α,β-unsaturated/α-hetero) is 1. The van der Waals surface area contributed by atoms with Crippen LogP contribution in [0.5, 0.6) is 0 Å². The van der Waals surface area contributed by atoms with Gasteiger partial charge in [0.05, 0.1) is 35.2 Å². The van der Waals surface area contributed by atoms with Gasteiger partial charge in [-0.25, -0.2) is 4.98 Å². The molecule has 0 saturated carbocycles. The smallest absolute Gasteiger partial charge is 0.237 e. The first kappa shape index (κ1) is 24.0. The number of thiazole rings is 1. The van der Waals surface area contributed by atoms with Gasteiger partial charge in [0.1, 0.15) is 0 Å². The van der Waals surface area contributed by atoms with Crippen molar-refractivity contribution >= 4 is 28.9 Å². The fourth-order valence-corrected chi connectivity index (χ4v) is 4.34. The Bertz CT molecular complexity index is 946. The molecule has 1 aliphatic rings. The van der Waals surface area contributed by atoms with E-state index in [1.807, 2.05) is 36.7 Å². The van der Waals surface area contributed by atoms with Crippen LogP contribution in [0.3, 0.4) is 0 Å². The maximum atomic E-state index is 12.5. The highest BCUT2D eigenvalue weighted by molar-refractivity contribution is 7.13. The Balaban J connectivity index is 1.45. The molecule has 0 bridgehead atoms. The second-order valence-corrected chi connectivity index (χ2v) is 8.55. The summed E-state index contributed by atoms with van der Waals surface area (Å²) in [7, 11) is 1.46. The summed E-state index contributed by atoms with van der Waals surface area (Å²) >= 11 is 1.59. The van der Waals surface area contributed by atoms with Gasteiger partial charge in [-0.05, 0) is 24.5 Å². The molecule has 3 rings (SSSR count). The molecule has 2 amide bonds. The van der Waals surface area contributed by atoms with Crippen LogP contribution in [0, 0.1) is 12.8 Å². The first-order valence-corrected chi connectivity index (χ1v) is 11.3. The first-order chi connectivity index (χ1) is 15.4. The summed E-state index contributed by atoms with van der Waals surface area (Å²) in [5.41, 5.74) is 4.86. The molecule has 9 nitrogen and oxygen atoms in total. The fraction of sp³-hybridized carbons (Fsp3) is 0.455. The summed E-state index contributed by atoms with van der Waals surface area (Å²) in [5, 5.41) is 18.1. The van der Waals surface area contributed by atoms with E-state index in [4.69, 9.17) is 4.74 Å². The highest BCUT2D eigenvalue weighted by Gasteiger charge is 2.36. The third-order valence-electron chi connectivity index (χ3n) is 5.38. The maximum Gasteiger partial charge on any atom is 0.237 e. The van der Waals surface area contributed by atoms with Gasteiger partial charge in [0.15, 0.2) is 12.0 Å². The molecule has 1 fully saturated rings. The summed E-state index contributed by atoms with van der Waals surface area (Å²) in [5.74, 6) is -1.73. The van der Waals surface area contributed by atoms with Gasteiger partial charge in [0.2, 0.25) is 11.8 Å². The molecule has 2 heterocycles. The van der Waals surface area contributed by atoms with Gasteiger partial charge >= 0.3 is 0 Å². The Hall–Kier alpha value is -2.66. The number of aliphatic hydroxyl groups is 1. The van der Waals surface area contributed by atoms with Crippen molar-refractivity contribution in [2.24, 2.45) is 5.92 Å². The molecule has 1 aromatic carbocycles. The number of aromatic nitrogens is 1. The number of ketones is 1. The van der Waals surface area contributed by atoms with Crippen LogP contribution in [0.25, 0.3) is 10.4 Å². The summed E-state index contributed by atoms with van der Waals surface area (Å²) in [4.78, 5) is 41.9. The van der Waals surface area contributed by atoms with E-state index in [0.717, 1.165) is 21.7 Å². The fourth-order valence-electron chi connectivity index (χ4n) is 3.53. The van der Waals surface area contributed by atoms with E-state index in [-0.39, 0.29) is 31.9 Å². The van der Waals surface area contributed by atoms with Crippen LogP contribution in [-0.2, 0) is 25.7 Å². The van der Waals surface area contributed by atoms with Gasteiger partial charge in [-0.2, -0.15) is 0 Å². The molecule has 0 aliphatic carbocycles. The predicted octanol–water partition coefficient (Wildman–Crippen LogP) is 0.753. The number of nitrogens with zero attached hydrogens (tertiary/aromatic N) is 1. The normalized spacial score (nSPS) is 18.8. The predicted molar refractivity (Wildman–Crippen MR) is 120 cm³/mol. The highest BCUT2D eigenvalue weighted by Crippen LogP contribution is 2.27. The minimum atomic E-state index is -1.59. The van der Waals surface area contributed by atoms with Gasteiger partial charge in [-0.3, -0.25) is 14.4 Å². The number of carbonyl (C=O) groups excluding carboxylic acids is 3. The molecule has 2 aromatic rings. The van der Waals surface area contributed by atoms with Crippen LogP contribution in [0.4, 0.5) is 0 Å². The van der Waals surface area contributed by atoms with Crippen LogP contribution >= 0.6 is 11.3 Å². The standard InChI is InChI=1S/C22H28N4O5S/c1-13-20(32-12-25-13)15-5-3-14(4-6-15)10-24-21(29)17-9-16(11-23-17)19(28)22(30)26-18(27)7-8-31-2/h3-6,12,16-17,22-23,30H,7-11H2,1-2H3,(H,24,29)(H,26,27)/t16-,17+,22?/m1/s1. The van der Waals surface area contributed by atoms with Crippen molar-refractivity contribution in [2.45, 2.75) is 38.6 Å². The zero-order chi connectivity index (χ0) is 23.1.